The van der Waals surface area contributed by atoms with Crippen LogP contribution in [0.2, 0.25) is 0 Å². The molecule has 0 saturated carbocycles. The van der Waals surface area contributed by atoms with Crippen LogP contribution in [0.15, 0.2) is 40.1 Å². The van der Waals surface area contributed by atoms with Crippen LogP contribution < -0.4 is 10.5 Å². The molecular weight excluding hydrogens is 314 g/mol. The van der Waals surface area contributed by atoms with Crippen LogP contribution in [0, 0.1) is 0 Å². The monoisotopic (exact) mass is 325 g/mol. The van der Waals surface area contributed by atoms with Gasteiger partial charge in [-0.25, -0.2) is 9.97 Å². The maximum absolute atomic E-state index is 5.75. The van der Waals surface area contributed by atoms with Crippen LogP contribution in [-0.4, -0.2) is 17.1 Å². The lowest BCUT2D eigenvalue weighted by Crippen LogP contribution is -1.96. The van der Waals surface area contributed by atoms with Gasteiger partial charge < -0.3 is 10.5 Å². The van der Waals surface area contributed by atoms with Crippen LogP contribution in [0.5, 0.6) is 5.75 Å². The Kier molecular flexibility index (Phi) is 4.43. The first-order valence-corrected chi connectivity index (χ1v) is 7.00. The molecule has 1 aromatic heterocycles. The number of hydrogen-bond acceptors (Lipinski definition) is 5. The molecule has 2 N–H and O–H groups in total. The van der Waals surface area contributed by atoms with Crippen molar-refractivity contribution in [3.8, 4) is 5.75 Å². The van der Waals surface area contributed by atoms with Crippen molar-refractivity contribution in [2.75, 3.05) is 12.8 Å². The number of thioether (sulfide) groups is 1. The average molecular weight is 326 g/mol. The van der Waals surface area contributed by atoms with Crippen molar-refractivity contribution in [2.45, 2.75) is 10.8 Å². The topological polar surface area (TPSA) is 61.0 Å². The molecule has 1 aromatic carbocycles. The molecule has 2 aromatic rings. The average Bonchev–Trinajstić information content (AvgIpc) is 2.38. The Hall–Kier alpha value is -1.27. The van der Waals surface area contributed by atoms with Crippen molar-refractivity contribution in [2.24, 2.45) is 0 Å². The summed E-state index contributed by atoms with van der Waals surface area (Å²) in [6.45, 7) is 0. The van der Waals surface area contributed by atoms with Crippen molar-refractivity contribution < 1.29 is 4.74 Å². The number of nitrogens with two attached hydrogens (primary N) is 1. The molecule has 0 fully saturated rings. The number of nitrogens with zero attached hydrogens (tertiary/aromatic N) is 2. The van der Waals surface area contributed by atoms with E-state index in [1.165, 1.54) is 11.8 Å². The molecule has 0 amide bonds. The van der Waals surface area contributed by atoms with Gasteiger partial charge in [0.1, 0.15) is 10.8 Å². The van der Waals surface area contributed by atoms with E-state index in [2.05, 4.69) is 25.9 Å². The minimum atomic E-state index is 0.455. The summed E-state index contributed by atoms with van der Waals surface area (Å²) in [4.78, 5) is 8.20. The van der Waals surface area contributed by atoms with Gasteiger partial charge in [-0.1, -0.05) is 27.7 Å². The van der Waals surface area contributed by atoms with E-state index in [0.717, 1.165) is 26.6 Å². The van der Waals surface area contributed by atoms with Crippen molar-refractivity contribution in [3.05, 3.63) is 40.6 Å². The SMILES string of the molecule is COc1ccc(Br)cc1CSc1nccnc1N. The predicted molar refractivity (Wildman–Crippen MR) is 76.7 cm³/mol. The van der Waals surface area contributed by atoms with Gasteiger partial charge in [-0.3, -0.25) is 0 Å². The van der Waals surface area contributed by atoms with E-state index in [1.54, 1.807) is 19.5 Å². The molecule has 1 heterocycles. The smallest absolute Gasteiger partial charge is 0.156 e. The van der Waals surface area contributed by atoms with Crippen LogP contribution >= 0.6 is 27.7 Å². The van der Waals surface area contributed by atoms with Crippen LogP contribution in [0.3, 0.4) is 0 Å². The van der Waals surface area contributed by atoms with E-state index in [1.807, 2.05) is 18.2 Å². The van der Waals surface area contributed by atoms with Crippen molar-refractivity contribution in [3.63, 3.8) is 0 Å². The number of anilines is 1. The molecule has 0 aliphatic carbocycles. The minimum absolute atomic E-state index is 0.455. The number of benzene rings is 1. The molecule has 4 nitrogen and oxygen atoms in total. The Morgan fingerprint density at radius 3 is 2.83 bits per heavy atom. The minimum Gasteiger partial charge on any atom is -0.496 e. The van der Waals surface area contributed by atoms with E-state index in [-0.39, 0.29) is 0 Å². The molecule has 2 rings (SSSR count). The van der Waals surface area contributed by atoms with Crippen LogP contribution in [0.25, 0.3) is 0 Å². The fourth-order valence-electron chi connectivity index (χ4n) is 1.45. The van der Waals surface area contributed by atoms with Gasteiger partial charge in [0.2, 0.25) is 0 Å². The first-order chi connectivity index (χ1) is 8.70. The second kappa shape index (κ2) is 6.06. The summed E-state index contributed by atoms with van der Waals surface area (Å²) in [7, 11) is 1.66. The highest BCUT2D eigenvalue weighted by Gasteiger charge is 2.07. The molecule has 18 heavy (non-hydrogen) atoms. The molecular formula is C12H12BrN3OS. The number of nitrogen functional groups attached to an aromatic ring is 1. The Balaban J connectivity index is 2.15. The summed E-state index contributed by atoms with van der Waals surface area (Å²) in [6, 6.07) is 5.90. The summed E-state index contributed by atoms with van der Waals surface area (Å²) < 4.78 is 6.34. The molecule has 0 radical (unpaired) electrons. The largest absolute Gasteiger partial charge is 0.496 e. The summed E-state index contributed by atoms with van der Waals surface area (Å²) in [5.41, 5.74) is 6.84. The number of methoxy groups -OCH3 is 1. The van der Waals surface area contributed by atoms with Gasteiger partial charge in [0.05, 0.1) is 7.11 Å². The number of rotatable bonds is 4. The maximum atomic E-state index is 5.75. The zero-order valence-corrected chi connectivity index (χ0v) is 12.2. The van der Waals surface area contributed by atoms with E-state index in [4.69, 9.17) is 10.5 Å². The fraction of sp³-hybridized carbons (Fsp3) is 0.167. The first kappa shape index (κ1) is 13.2. The fourth-order valence-corrected chi connectivity index (χ4v) is 2.72. The number of halogens is 1. The summed E-state index contributed by atoms with van der Waals surface area (Å²) in [5.74, 6) is 2.04. The van der Waals surface area contributed by atoms with Gasteiger partial charge in [0.25, 0.3) is 0 Å². The molecule has 0 bridgehead atoms. The van der Waals surface area contributed by atoms with Gasteiger partial charge >= 0.3 is 0 Å². The van der Waals surface area contributed by atoms with E-state index in [9.17, 15) is 0 Å². The molecule has 0 aliphatic rings. The van der Waals surface area contributed by atoms with Gasteiger partial charge in [0.15, 0.2) is 5.82 Å². The quantitative estimate of drug-likeness (QED) is 0.875. The Bertz CT molecular complexity index is 551. The summed E-state index contributed by atoms with van der Waals surface area (Å²) in [6.07, 6.45) is 3.22. The molecule has 0 aliphatic heterocycles. The highest BCUT2D eigenvalue weighted by Crippen LogP contribution is 2.30. The summed E-state index contributed by atoms with van der Waals surface area (Å²) in [5, 5.41) is 0.736. The number of aromatic nitrogens is 2. The third-order valence-corrected chi connectivity index (χ3v) is 3.83. The van der Waals surface area contributed by atoms with E-state index in [0.29, 0.717) is 5.82 Å². The Morgan fingerprint density at radius 1 is 1.33 bits per heavy atom. The second-order valence-corrected chi connectivity index (χ2v) is 5.37. The maximum Gasteiger partial charge on any atom is 0.156 e. The van der Waals surface area contributed by atoms with E-state index < -0.39 is 0 Å². The lowest BCUT2D eigenvalue weighted by molar-refractivity contribution is 0.411. The Morgan fingerprint density at radius 2 is 2.11 bits per heavy atom. The zero-order valence-electron chi connectivity index (χ0n) is 9.76. The molecule has 0 atom stereocenters. The lowest BCUT2D eigenvalue weighted by atomic mass is 10.2. The normalized spacial score (nSPS) is 10.3. The standard InChI is InChI=1S/C12H12BrN3OS/c1-17-10-3-2-9(13)6-8(10)7-18-12-11(14)15-4-5-16-12/h2-6H,7H2,1H3,(H2,14,15). The number of ether oxygens (including phenoxy) is 1. The third kappa shape index (κ3) is 3.14. The lowest BCUT2D eigenvalue weighted by Gasteiger charge is -2.09. The molecule has 0 unspecified atom stereocenters. The van der Waals surface area contributed by atoms with Crippen LogP contribution in [0.1, 0.15) is 5.56 Å². The first-order valence-electron chi connectivity index (χ1n) is 5.22. The summed E-state index contributed by atoms with van der Waals surface area (Å²) >= 11 is 4.99. The van der Waals surface area contributed by atoms with Crippen molar-refractivity contribution in [1.82, 2.24) is 9.97 Å². The molecule has 6 heteroatoms. The molecule has 94 valence electrons. The second-order valence-electron chi connectivity index (χ2n) is 3.49. The number of hydrogen-bond donors (Lipinski definition) is 1. The Labute approximate surface area is 118 Å². The van der Waals surface area contributed by atoms with Gasteiger partial charge in [-0.05, 0) is 18.2 Å². The third-order valence-electron chi connectivity index (χ3n) is 2.30. The van der Waals surface area contributed by atoms with E-state index >= 15 is 0 Å². The van der Waals surface area contributed by atoms with Crippen LogP contribution in [-0.2, 0) is 5.75 Å². The zero-order chi connectivity index (χ0) is 13.0. The van der Waals surface area contributed by atoms with Gasteiger partial charge in [-0.15, -0.1) is 0 Å². The molecule has 0 spiro atoms. The van der Waals surface area contributed by atoms with Gasteiger partial charge in [0, 0.05) is 28.2 Å². The molecule has 0 saturated heterocycles. The highest BCUT2D eigenvalue weighted by molar-refractivity contribution is 9.10. The predicted octanol–water partition coefficient (Wildman–Crippen LogP) is 3.12. The van der Waals surface area contributed by atoms with Crippen molar-refractivity contribution in [1.29, 1.82) is 0 Å². The highest BCUT2D eigenvalue weighted by atomic mass is 79.9. The van der Waals surface area contributed by atoms with Gasteiger partial charge in [-0.2, -0.15) is 0 Å². The van der Waals surface area contributed by atoms with Crippen LogP contribution in [0.4, 0.5) is 5.82 Å². The van der Waals surface area contributed by atoms with Crippen molar-refractivity contribution >= 4 is 33.5 Å².